The minimum Gasteiger partial charge on any atom is -0.495 e. The van der Waals surface area contributed by atoms with Gasteiger partial charge in [-0.1, -0.05) is 30.7 Å². The number of aryl methyl sites for hydroxylation is 2. The van der Waals surface area contributed by atoms with E-state index in [2.05, 4.69) is 18.7 Å². The first-order valence-corrected chi connectivity index (χ1v) is 11.4. The van der Waals surface area contributed by atoms with Crippen molar-refractivity contribution in [2.24, 2.45) is 0 Å². The second-order valence-electron chi connectivity index (χ2n) is 7.42. The zero-order valence-electron chi connectivity index (χ0n) is 18.5. The second kappa shape index (κ2) is 10.4. The summed E-state index contributed by atoms with van der Waals surface area (Å²) in [5, 5.41) is 1.47. The number of rotatable bonds is 9. The Morgan fingerprint density at radius 2 is 1.87 bits per heavy atom. The average Bonchev–Trinajstić information content (AvgIpc) is 3.13. The van der Waals surface area contributed by atoms with Gasteiger partial charge in [0.05, 0.1) is 30.5 Å². The van der Waals surface area contributed by atoms with Crippen LogP contribution in [0.15, 0.2) is 36.4 Å². The van der Waals surface area contributed by atoms with Crippen LogP contribution in [-0.4, -0.2) is 32.4 Å². The van der Waals surface area contributed by atoms with Gasteiger partial charge in [-0.2, -0.15) is 0 Å². The maximum atomic E-state index is 13.5. The van der Waals surface area contributed by atoms with Gasteiger partial charge in [0.25, 0.3) is 0 Å². The van der Waals surface area contributed by atoms with Crippen LogP contribution in [0.25, 0.3) is 11.3 Å². The van der Waals surface area contributed by atoms with Crippen LogP contribution in [-0.2, 0) is 4.74 Å². The third kappa shape index (κ3) is 5.20. The number of hydrogen-bond donors (Lipinski definition) is 0. The van der Waals surface area contributed by atoms with Crippen molar-refractivity contribution < 1.29 is 13.9 Å². The Kier molecular flexibility index (Phi) is 7.92. The van der Waals surface area contributed by atoms with Crippen LogP contribution in [0.3, 0.4) is 0 Å². The van der Waals surface area contributed by atoms with Crippen molar-refractivity contribution in [3.05, 3.63) is 63.2 Å². The summed E-state index contributed by atoms with van der Waals surface area (Å²) in [5.41, 5.74) is 3.95. The van der Waals surface area contributed by atoms with Crippen LogP contribution in [0.4, 0.5) is 9.52 Å². The van der Waals surface area contributed by atoms with Crippen molar-refractivity contribution in [3.8, 4) is 17.0 Å². The fourth-order valence-corrected chi connectivity index (χ4v) is 4.90. The maximum Gasteiger partial charge on any atom is 0.186 e. The molecule has 2 aromatic carbocycles. The summed E-state index contributed by atoms with van der Waals surface area (Å²) in [6.07, 6.45) is 0.947. The summed E-state index contributed by atoms with van der Waals surface area (Å²) in [6, 6.07) is 10.4. The molecular weight excluding hydrogens is 435 g/mol. The van der Waals surface area contributed by atoms with Gasteiger partial charge in [0.15, 0.2) is 5.13 Å². The smallest absolute Gasteiger partial charge is 0.186 e. The minimum absolute atomic E-state index is 0.0653. The molecule has 1 heterocycles. The Morgan fingerprint density at radius 3 is 2.48 bits per heavy atom. The molecule has 166 valence electrons. The highest BCUT2D eigenvalue weighted by Crippen LogP contribution is 2.40. The monoisotopic (exact) mass is 462 g/mol. The third-order valence-electron chi connectivity index (χ3n) is 5.20. The van der Waals surface area contributed by atoms with Crippen LogP contribution < -0.4 is 9.64 Å². The van der Waals surface area contributed by atoms with E-state index in [9.17, 15) is 4.39 Å². The molecule has 3 rings (SSSR count). The average molecular weight is 463 g/mol. The predicted molar refractivity (Wildman–Crippen MR) is 127 cm³/mol. The van der Waals surface area contributed by atoms with Crippen LogP contribution in [0.5, 0.6) is 5.75 Å². The zero-order chi connectivity index (χ0) is 22.5. The van der Waals surface area contributed by atoms with Gasteiger partial charge in [0.2, 0.25) is 0 Å². The molecule has 0 aliphatic rings. The molecule has 1 aromatic heterocycles. The van der Waals surface area contributed by atoms with Crippen molar-refractivity contribution in [3.63, 3.8) is 0 Å². The van der Waals surface area contributed by atoms with Crippen LogP contribution in [0, 0.1) is 19.7 Å². The van der Waals surface area contributed by atoms with E-state index < -0.39 is 0 Å². The molecule has 4 nitrogen and oxygen atoms in total. The van der Waals surface area contributed by atoms with Gasteiger partial charge >= 0.3 is 0 Å². The normalized spacial score (nSPS) is 12.1. The van der Waals surface area contributed by atoms with Gasteiger partial charge in [-0.15, -0.1) is 11.3 Å². The highest BCUT2D eigenvalue weighted by molar-refractivity contribution is 7.16. The fraction of sp³-hybridized carbons (Fsp3) is 0.375. The Balaban J connectivity index is 2.05. The quantitative estimate of drug-likeness (QED) is 0.349. The molecule has 3 aromatic rings. The summed E-state index contributed by atoms with van der Waals surface area (Å²) >= 11 is 8.04. The molecular formula is C24H28ClFN2O2S. The summed E-state index contributed by atoms with van der Waals surface area (Å²) in [7, 11) is 3.29. The number of ether oxygens (including phenoxy) is 2. The highest BCUT2D eigenvalue weighted by Gasteiger charge is 2.25. The van der Waals surface area contributed by atoms with E-state index in [-0.39, 0.29) is 11.9 Å². The molecule has 0 bridgehead atoms. The highest BCUT2D eigenvalue weighted by atomic mass is 35.5. The molecule has 0 aliphatic carbocycles. The van der Waals surface area contributed by atoms with Gasteiger partial charge in [0, 0.05) is 24.1 Å². The number of hydrogen-bond acceptors (Lipinski definition) is 5. The third-order valence-corrected chi connectivity index (χ3v) is 6.51. The lowest BCUT2D eigenvalue weighted by Gasteiger charge is -2.31. The number of nitrogens with zero attached hydrogens (tertiary/aromatic N) is 2. The molecule has 0 saturated carbocycles. The van der Waals surface area contributed by atoms with E-state index in [1.54, 1.807) is 25.6 Å². The Hall–Kier alpha value is -2.15. The maximum absolute atomic E-state index is 13.5. The number of thiazole rings is 1. The summed E-state index contributed by atoms with van der Waals surface area (Å²) < 4.78 is 24.4. The Morgan fingerprint density at radius 1 is 1.16 bits per heavy atom. The van der Waals surface area contributed by atoms with Gasteiger partial charge in [-0.25, -0.2) is 9.37 Å². The first-order chi connectivity index (χ1) is 14.9. The molecule has 0 spiro atoms. The van der Waals surface area contributed by atoms with Crippen LogP contribution in [0.1, 0.15) is 35.4 Å². The molecule has 0 amide bonds. The predicted octanol–water partition coefficient (Wildman–Crippen LogP) is 6.83. The fourth-order valence-electron chi connectivity index (χ4n) is 3.66. The largest absolute Gasteiger partial charge is 0.495 e. The molecule has 1 unspecified atom stereocenters. The lowest BCUT2D eigenvalue weighted by Crippen LogP contribution is -2.32. The summed E-state index contributed by atoms with van der Waals surface area (Å²) in [6.45, 7) is 7.52. The van der Waals surface area contributed by atoms with E-state index >= 15 is 0 Å². The van der Waals surface area contributed by atoms with Crippen LogP contribution in [0.2, 0.25) is 5.02 Å². The molecule has 1 atom stereocenters. The lowest BCUT2D eigenvalue weighted by molar-refractivity contribution is 0.177. The lowest BCUT2D eigenvalue weighted by atomic mass is 10.0. The Bertz CT molecular complexity index is 1020. The molecule has 0 N–H and O–H groups in total. The van der Waals surface area contributed by atoms with E-state index in [0.29, 0.717) is 17.4 Å². The van der Waals surface area contributed by atoms with Gasteiger partial charge in [-0.3, -0.25) is 0 Å². The van der Waals surface area contributed by atoms with Crippen molar-refractivity contribution >= 4 is 28.1 Å². The number of benzene rings is 2. The number of anilines is 1. The van der Waals surface area contributed by atoms with E-state index in [4.69, 9.17) is 26.1 Å². The van der Waals surface area contributed by atoms with Gasteiger partial charge < -0.3 is 14.4 Å². The minimum atomic E-state index is -0.249. The number of aromatic nitrogens is 1. The SMILES string of the molecule is CCCN(c1nc(-c2cc(Cl)c(OC)cc2C)c(C)s1)C(COC)c1ccc(F)cc1. The standard InChI is InChI=1S/C24H28ClFN2O2S/c1-6-11-28(21(14-29-4)17-7-9-18(26)10-8-17)24-27-23(16(3)31-24)19-13-20(25)22(30-5)12-15(19)2/h7-10,12-13,21H,6,11,14H2,1-5H3. The zero-order valence-corrected chi connectivity index (χ0v) is 20.1. The van der Waals surface area contributed by atoms with Crippen molar-refractivity contribution in [1.82, 2.24) is 4.98 Å². The first-order valence-electron chi connectivity index (χ1n) is 10.2. The van der Waals surface area contributed by atoms with Crippen molar-refractivity contribution in [2.75, 3.05) is 32.3 Å². The molecule has 0 radical (unpaired) electrons. The van der Waals surface area contributed by atoms with Gasteiger partial charge in [0.1, 0.15) is 11.6 Å². The van der Waals surface area contributed by atoms with E-state index in [0.717, 1.165) is 45.4 Å². The van der Waals surface area contributed by atoms with Gasteiger partial charge in [-0.05, 0) is 55.7 Å². The molecule has 0 aliphatic heterocycles. The number of methoxy groups -OCH3 is 2. The van der Waals surface area contributed by atoms with E-state index in [1.165, 1.54) is 12.1 Å². The van der Waals surface area contributed by atoms with E-state index in [1.807, 2.05) is 31.2 Å². The number of halogens is 2. The molecule has 0 fully saturated rings. The first kappa shape index (κ1) is 23.5. The second-order valence-corrected chi connectivity index (χ2v) is 9.01. The van der Waals surface area contributed by atoms with Crippen molar-refractivity contribution in [1.29, 1.82) is 0 Å². The van der Waals surface area contributed by atoms with Crippen molar-refractivity contribution in [2.45, 2.75) is 33.2 Å². The summed E-state index contributed by atoms with van der Waals surface area (Å²) in [5.74, 6) is 0.404. The Labute approximate surface area is 192 Å². The molecule has 7 heteroatoms. The summed E-state index contributed by atoms with van der Waals surface area (Å²) in [4.78, 5) is 8.37. The topological polar surface area (TPSA) is 34.6 Å². The molecule has 31 heavy (non-hydrogen) atoms. The van der Waals surface area contributed by atoms with Crippen LogP contribution >= 0.6 is 22.9 Å². The molecule has 0 saturated heterocycles.